The lowest BCUT2D eigenvalue weighted by Crippen LogP contribution is -2.24. The van der Waals surface area contributed by atoms with Gasteiger partial charge in [0.2, 0.25) is 15.9 Å². The van der Waals surface area contributed by atoms with Gasteiger partial charge in [0.05, 0.1) is 4.90 Å². The van der Waals surface area contributed by atoms with Crippen molar-refractivity contribution in [2.45, 2.75) is 30.7 Å². The van der Waals surface area contributed by atoms with E-state index in [1.807, 2.05) is 0 Å². The molecule has 0 fully saturated rings. The van der Waals surface area contributed by atoms with E-state index in [-0.39, 0.29) is 10.8 Å². The van der Waals surface area contributed by atoms with E-state index in [1.54, 1.807) is 12.1 Å². The predicted octanol–water partition coefficient (Wildman–Crippen LogP) is 1.31. The summed E-state index contributed by atoms with van der Waals surface area (Å²) in [5, 5.41) is 7.86. The van der Waals surface area contributed by atoms with Gasteiger partial charge in [-0.15, -0.1) is 0 Å². The molecule has 0 saturated heterocycles. The third kappa shape index (κ3) is 4.18. The number of carbonyl (C=O) groups excluding carboxylic acids is 1. The van der Waals surface area contributed by atoms with Crippen molar-refractivity contribution in [3.8, 4) is 0 Å². The molecule has 1 unspecified atom stereocenters. The first-order valence-electron chi connectivity index (χ1n) is 6.50. The molecular weight excluding hydrogens is 276 g/mol. The molecule has 1 aliphatic rings. The Labute approximate surface area is 118 Å². The van der Waals surface area contributed by atoms with E-state index < -0.39 is 10.0 Å². The summed E-state index contributed by atoms with van der Waals surface area (Å²) in [4.78, 5) is 11.8. The van der Waals surface area contributed by atoms with Crippen molar-refractivity contribution in [3.63, 3.8) is 0 Å². The molecule has 1 aliphatic carbocycles. The van der Waals surface area contributed by atoms with E-state index in [1.165, 1.54) is 12.1 Å². The molecule has 0 saturated carbocycles. The van der Waals surface area contributed by atoms with Gasteiger partial charge in [-0.05, 0) is 36.5 Å². The Kier molecular flexibility index (Phi) is 4.57. The SMILES string of the molecule is NS(=O)(=O)c1cccc(CNC(=O)CC2C=CCC2)c1. The average Bonchev–Trinajstić information content (AvgIpc) is 2.88. The molecule has 6 heteroatoms. The monoisotopic (exact) mass is 294 g/mol. The summed E-state index contributed by atoms with van der Waals surface area (Å²) in [6.45, 7) is 0.304. The number of carbonyl (C=O) groups is 1. The summed E-state index contributed by atoms with van der Waals surface area (Å²) in [6, 6.07) is 6.28. The first kappa shape index (κ1) is 14.7. The number of primary sulfonamides is 1. The molecule has 1 atom stereocenters. The Balaban J connectivity index is 1.90. The number of nitrogens with two attached hydrogens (primary N) is 1. The van der Waals surface area contributed by atoms with Crippen molar-refractivity contribution in [3.05, 3.63) is 42.0 Å². The second-order valence-corrected chi connectivity index (χ2v) is 6.50. The third-order valence-corrected chi connectivity index (χ3v) is 4.19. The van der Waals surface area contributed by atoms with Gasteiger partial charge < -0.3 is 5.32 Å². The van der Waals surface area contributed by atoms with Crippen LogP contribution in [0.5, 0.6) is 0 Å². The smallest absolute Gasteiger partial charge is 0.238 e. The highest BCUT2D eigenvalue weighted by Gasteiger charge is 2.14. The van der Waals surface area contributed by atoms with Crippen LogP contribution in [0.2, 0.25) is 0 Å². The van der Waals surface area contributed by atoms with Gasteiger partial charge in [0.1, 0.15) is 0 Å². The maximum atomic E-state index is 11.8. The Morgan fingerprint density at radius 1 is 1.40 bits per heavy atom. The van der Waals surface area contributed by atoms with Crippen LogP contribution in [0.3, 0.4) is 0 Å². The lowest BCUT2D eigenvalue weighted by Gasteiger charge is -2.09. The molecule has 1 amide bonds. The van der Waals surface area contributed by atoms with Gasteiger partial charge >= 0.3 is 0 Å². The molecule has 0 radical (unpaired) electrons. The number of rotatable bonds is 5. The quantitative estimate of drug-likeness (QED) is 0.802. The van der Waals surface area contributed by atoms with Crippen molar-refractivity contribution >= 4 is 15.9 Å². The van der Waals surface area contributed by atoms with Crippen molar-refractivity contribution in [1.82, 2.24) is 5.32 Å². The van der Waals surface area contributed by atoms with Crippen LogP contribution in [-0.4, -0.2) is 14.3 Å². The zero-order valence-corrected chi connectivity index (χ0v) is 11.9. The van der Waals surface area contributed by atoms with Crippen molar-refractivity contribution in [2.75, 3.05) is 0 Å². The number of benzene rings is 1. The summed E-state index contributed by atoms with van der Waals surface area (Å²) in [5.74, 6) is 0.299. The molecule has 0 heterocycles. The average molecular weight is 294 g/mol. The highest BCUT2D eigenvalue weighted by molar-refractivity contribution is 7.89. The van der Waals surface area contributed by atoms with Gasteiger partial charge in [-0.1, -0.05) is 24.3 Å². The number of hydrogen-bond donors (Lipinski definition) is 2. The van der Waals surface area contributed by atoms with E-state index >= 15 is 0 Å². The molecule has 3 N–H and O–H groups in total. The Morgan fingerprint density at radius 3 is 2.85 bits per heavy atom. The summed E-state index contributed by atoms with van der Waals surface area (Å²) >= 11 is 0. The van der Waals surface area contributed by atoms with Crippen LogP contribution in [0.1, 0.15) is 24.8 Å². The van der Waals surface area contributed by atoms with Crippen LogP contribution in [0.15, 0.2) is 41.3 Å². The molecule has 1 aromatic carbocycles. The van der Waals surface area contributed by atoms with Crippen LogP contribution < -0.4 is 10.5 Å². The van der Waals surface area contributed by atoms with Gasteiger partial charge in [-0.25, -0.2) is 13.6 Å². The van der Waals surface area contributed by atoms with Crippen LogP contribution in [0.25, 0.3) is 0 Å². The summed E-state index contributed by atoms with van der Waals surface area (Å²) < 4.78 is 22.5. The molecular formula is C14H18N2O3S. The lowest BCUT2D eigenvalue weighted by molar-refractivity contribution is -0.121. The van der Waals surface area contributed by atoms with Gasteiger partial charge in [0.25, 0.3) is 0 Å². The topological polar surface area (TPSA) is 89.3 Å². The summed E-state index contributed by atoms with van der Waals surface area (Å²) in [6.07, 6.45) is 6.70. The second-order valence-electron chi connectivity index (χ2n) is 4.94. The zero-order chi connectivity index (χ0) is 14.6. The first-order chi connectivity index (χ1) is 9.45. The third-order valence-electron chi connectivity index (χ3n) is 3.28. The number of nitrogens with one attached hydrogen (secondary N) is 1. The molecule has 108 valence electrons. The molecule has 2 rings (SSSR count). The molecule has 0 bridgehead atoms. The van der Waals surface area contributed by atoms with E-state index in [0.29, 0.717) is 24.4 Å². The number of hydrogen-bond acceptors (Lipinski definition) is 3. The van der Waals surface area contributed by atoms with E-state index in [9.17, 15) is 13.2 Å². The Morgan fingerprint density at radius 2 is 2.20 bits per heavy atom. The molecule has 0 aromatic heterocycles. The Bertz CT molecular complexity index is 623. The lowest BCUT2D eigenvalue weighted by atomic mass is 10.1. The van der Waals surface area contributed by atoms with Gasteiger partial charge in [0.15, 0.2) is 0 Å². The summed E-state index contributed by atoms with van der Waals surface area (Å²) in [7, 11) is -3.70. The fraction of sp³-hybridized carbons (Fsp3) is 0.357. The minimum atomic E-state index is -3.70. The van der Waals surface area contributed by atoms with E-state index in [2.05, 4.69) is 17.5 Å². The molecule has 5 nitrogen and oxygen atoms in total. The number of amides is 1. The normalized spacial score (nSPS) is 18.1. The molecule has 0 spiro atoms. The molecule has 1 aromatic rings. The summed E-state index contributed by atoms with van der Waals surface area (Å²) in [5.41, 5.74) is 0.715. The number of sulfonamides is 1. The van der Waals surface area contributed by atoms with Crippen molar-refractivity contribution in [2.24, 2.45) is 11.1 Å². The second kappa shape index (κ2) is 6.19. The fourth-order valence-corrected chi connectivity index (χ4v) is 2.79. The standard InChI is InChI=1S/C14H18N2O3S/c15-20(18,19)13-7-3-6-12(8-13)10-16-14(17)9-11-4-1-2-5-11/h1,3-4,6-8,11H,2,5,9-10H2,(H,16,17)(H2,15,18,19). The van der Waals surface area contributed by atoms with Crippen LogP contribution >= 0.6 is 0 Å². The van der Waals surface area contributed by atoms with Crippen molar-refractivity contribution < 1.29 is 13.2 Å². The number of allylic oxidation sites excluding steroid dienone is 2. The largest absolute Gasteiger partial charge is 0.352 e. The van der Waals surface area contributed by atoms with Crippen molar-refractivity contribution in [1.29, 1.82) is 0 Å². The molecule has 20 heavy (non-hydrogen) atoms. The van der Waals surface area contributed by atoms with Crippen LogP contribution in [-0.2, 0) is 21.4 Å². The minimum Gasteiger partial charge on any atom is -0.352 e. The highest BCUT2D eigenvalue weighted by atomic mass is 32.2. The van der Waals surface area contributed by atoms with E-state index in [0.717, 1.165) is 12.8 Å². The minimum absolute atomic E-state index is 0.0254. The van der Waals surface area contributed by atoms with Gasteiger partial charge in [-0.2, -0.15) is 0 Å². The predicted molar refractivity (Wildman–Crippen MR) is 76.1 cm³/mol. The Hall–Kier alpha value is -1.66. The van der Waals surface area contributed by atoms with Crippen LogP contribution in [0.4, 0.5) is 0 Å². The van der Waals surface area contributed by atoms with Crippen LogP contribution in [0, 0.1) is 5.92 Å². The molecule has 0 aliphatic heterocycles. The maximum absolute atomic E-state index is 11.8. The van der Waals surface area contributed by atoms with E-state index in [4.69, 9.17) is 5.14 Å². The first-order valence-corrected chi connectivity index (χ1v) is 8.05. The fourth-order valence-electron chi connectivity index (χ4n) is 2.21. The van der Waals surface area contributed by atoms with Gasteiger partial charge in [0, 0.05) is 13.0 Å². The maximum Gasteiger partial charge on any atom is 0.238 e. The highest BCUT2D eigenvalue weighted by Crippen LogP contribution is 2.20. The van der Waals surface area contributed by atoms with Gasteiger partial charge in [-0.3, -0.25) is 4.79 Å². The zero-order valence-electron chi connectivity index (χ0n) is 11.1.